The fraction of sp³-hybridized carbons (Fsp3) is 0.190. The number of esters is 1. The van der Waals surface area contributed by atoms with Gasteiger partial charge in [0.2, 0.25) is 0 Å². The van der Waals surface area contributed by atoms with Crippen LogP contribution in [0.1, 0.15) is 12.5 Å². The molecule has 0 aliphatic heterocycles. The zero-order valence-corrected chi connectivity index (χ0v) is 16.1. The molecule has 3 aromatic carbocycles. The van der Waals surface area contributed by atoms with E-state index in [0.29, 0.717) is 5.69 Å². The highest BCUT2D eigenvalue weighted by Crippen LogP contribution is 2.26. The summed E-state index contributed by atoms with van der Waals surface area (Å²) in [4.78, 5) is 12.0. The van der Waals surface area contributed by atoms with Crippen molar-refractivity contribution in [1.82, 2.24) is 0 Å². The van der Waals surface area contributed by atoms with E-state index >= 15 is 0 Å². The minimum atomic E-state index is -3.94. The molecular formula is C21H21NO4S. The molecule has 0 amide bonds. The molecule has 0 aliphatic carbocycles. The maximum Gasteiger partial charge on any atom is 0.326 e. The summed E-state index contributed by atoms with van der Waals surface area (Å²) in [6, 6.07) is 19.6. The van der Waals surface area contributed by atoms with Crippen LogP contribution in [-0.4, -0.2) is 28.0 Å². The average Bonchev–Trinajstić information content (AvgIpc) is 2.71. The van der Waals surface area contributed by atoms with E-state index in [1.54, 1.807) is 30.3 Å². The van der Waals surface area contributed by atoms with Crippen LogP contribution in [0.25, 0.3) is 10.8 Å². The van der Waals surface area contributed by atoms with Crippen LogP contribution in [0, 0.1) is 0 Å². The fourth-order valence-electron chi connectivity index (χ4n) is 2.85. The normalized spacial score (nSPS) is 11.3. The molecule has 0 unspecified atom stereocenters. The number of aryl methyl sites for hydroxylation is 1. The number of hydrogen-bond donors (Lipinski definition) is 0. The predicted octanol–water partition coefficient (Wildman–Crippen LogP) is 3.77. The first-order chi connectivity index (χ1) is 13.0. The van der Waals surface area contributed by atoms with Gasteiger partial charge in [0.1, 0.15) is 6.54 Å². The van der Waals surface area contributed by atoms with Gasteiger partial charge in [-0.25, -0.2) is 8.42 Å². The zero-order chi connectivity index (χ0) is 19.4. The van der Waals surface area contributed by atoms with Crippen molar-refractivity contribution in [3.05, 3.63) is 72.3 Å². The lowest BCUT2D eigenvalue weighted by atomic mass is 10.1. The number of methoxy groups -OCH3 is 1. The van der Waals surface area contributed by atoms with Gasteiger partial charge in [-0.05, 0) is 47.0 Å². The largest absolute Gasteiger partial charge is 0.468 e. The van der Waals surface area contributed by atoms with Gasteiger partial charge in [-0.2, -0.15) is 0 Å². The Morgan fingerprint density at radius 2 is 1.63 bits per heavy atom. The number of nitrogens with zero attached hydrogens (tertiary/aromatic N) is 1. The molecule has 6 heteroatoms. The molecule has 5 nitrogen and oxygen atoms in total. The molecule has 0 radical (unpaired) electrons. The minimum Gasteiger partial charge on any atom is -0.468 e. The highest BCUT2D eigenvalue weighted by Gasteiger charge is 2.27. The third kappa shape index (κ3) is 3.95. The first-order valence-corrected chi connectivity index (χ1v) is 10.1. The summed E-state index contributed by atoms with van der Waals surface area (Å²) >= 11 is 0. The molecule has 0 aliphatic rings. The second-order valence-electron chi connectivity index (χ2n) is 6.12. The second kappa shape index (κ2) is 7.80. The molecule has 0 bridgehead atoms. The van der Waals surface area contributed by atoms with Crippen LogP contribution >= 0.6 is 0 Å². The van der Waals surface area contributed by atoms with Crippen molar-refractivity contribution in [2.75, 3.05) is 18.0 Å². The lowest BCUT2D eigenvalue weighted by Gasteiger charge is -2.23. The minimum absolute atomic E-state index is 0.129. The van der Waals surface area contributed by atoms with E-state index < -0.39 is 22.5 Å². The van der Waals surface area contributed by atoms with Crippen molar-refractivity contribution in [2.24, 2.45) is 0 Å². The molecular weight excluding hydrogens is 362 g/mol. The molecule has 0 aromatic heterocycles. The Morgan fingerprint density at radius 3 is 2.26 bits per heavy atom. The summed E-state index contributed by atoms with van der Waals surface area (Å²) < 4.78 is 32.4. The van der Waals surface area contributed by atoms with E-state index in [-0.39, 0.29) is 4.90 Å². The summed E-state index contributed by atoms with van der Waals surface area (Å²) in [5.74, 6) is -0.626. The smallest absolute Gasteiger partial charge is 0.326 e. The maximum atomic E-state index is 13.3. The van der Waals surface area contributed by atoms with Gasteiger partial charge in [0, 0.05) is 0 Å². The van der Waals surface area contributed by atoms with Crippen LogP contribution in [0.5, 0.6) is 0 Å². The molecule has 0 saturated carbocycles. The summed E-state index contributed by atoms with van der Waals surface area (Å²) in [5, 5.41) is 1.76. The molecule has 0 spiro atoms. The number of sulfonamides is 1. The van der Waals surface area contributed by atoms with Gasteiger partial charge in [0.05, 0.1) is 17.7 Å². The number of rotatable bonds is 6. The van der Waals surface area contributed by atoms with E-state index in [1.807, 2.05) is 43.3 Å². The SMILES string of the molecule is CCc1ccc(N(CC(=O)OC)S(=O)(=O)c2ccc3ccccc3c2)cc1. The number of hydrogen-bond acceptors (Lipinski definition) is 4. The highest BCUT2D eigenvalue weighted by atomic mass is 32.2. The lowest BCUT2D eigenvalue weighted by molar-refractivity contribution is -0.138. The number of anilines is 1. The Kier molecular flexibility index (Phi) is 5.46. The second-order valence-corrected chi connectivity index (χ2v) is 7.98. The number of benzene rings is 3. The van der Waals surface area contributed by atoms with Gasteiger partial charge in [0.25, 0.3) is 10.0 Å². The molecule has 0 saturated heterocycles. The quantitative estimate of drug-likeness (QED) is 0.608. The van der Waals surface area contributed by atoms with Gasteiger partial charge in [-0.1, -0.05) is 49.4 Å². The summed E-state index contributed by atoms with van der Waals surface area (Å²) in [6.07, 6.45) is 0.842. The monoisotopic (exact) mass is 383 g/mol. The van der Waals surface area contributed by atoms with Crippen molar-refractivity contribution in [3.63, 3.8) is 0 Å². The summed E-state index contributed by atoms with van der Waals surface area (Å²) in [5.41, 5.74) is 1.51. The van der Waals surface area contributed by atoms with Crippen LogP contribution in [0.3, 0.4) is 0 Å². The summed E-state index contributed by atoms with van der Waals surface area (Å²) in [6.45, 7) is 1.63. The first kappa shape index (κ1) is 18.9. The molecule has 3 aromatic rings. The van der Waals surface area contributed by atoms with Gasteiger partial charge >= 0.3 is 5.97 Å². The van der Waals surface area contributed by atoms with Crippen LogP contribution in [0.15, 0.2) is 71.6 Å². The Bertz CT molecular complexity index is 1060. The third-order valence-electron chi connectivity index (χ3n) is 4.44. The van der Waals surface area contributed by atoms with E-state index in [2.05, 4.69) is 0 Å². The van der Waals surface area contributed by atoms with Crippen molar-refractivity contribution in [1.29, 1.82) is 0 Å². The lowest BCUT2D eigenvalue weighted by Crippen LogP contribution is -2.36. The summed E-state index contributed by atoms with van der Waals surface area (Å²) in [7, 11) is -2.70. The molecule has 3 rings (SSSR count). The third-order valence-corrected chi connectivity index (χ3v) is 6.21. The first-order valence-electron chi connectivity index (χ1n) is 8.63. The Labute approximate surface area is 159 Å². The van der Waals surface area contributed by atoms with Gasteiger partial charge in [0.15, 0.2) is 0 Å². The molecule has 0 heterocycles. The van der Waals surface area contributed by atoms with Gasteiger partial charge in [-0.3, -0.25) is 9.10 Å². The van der Waals surface area contributed by atoms with Gasteiger partial charge in [-0.15, -0.1) is 0 Å². The number of carbonyl (C=O) groups is 1. The predicted molar refractivity (Wildman–Crippen MR) is 106 cm³/mol. The fourth-order valence-corrected chi connectivity index (χ4v) is 4.29. The Hall–Kier alpha value is -2.86. The average molecular weight is 383 g/mol. The van der Waals surface area contributed by atoms with Crippen LogP contribution in [0.2, 0.25) is 0 Å². The molecule has 140 valence electrons. The van der Waals surface area contributed by atoms with E-state index in [9.17, 15) is 13.2 Å². The van der Waals surface area contributed by atoms with E-state index in [1.165, 1.54) is 7.11 Å². The highest BCUT2D eigenvalue weighted by molar-refractivity contribution is 7.92. The standard InChI is InChI=1S/C21H21NO4S/c1-3-16-8-11-19(12-9-16)22(15-21(23)26-2)27(24,25)20-13-10-17-6-4-5-7-18(17)14-20/h4-14H,3,15H2,1-2H3. The Morgan fingerprint density at radius 1 is 0.963 bits per heavy atom. The van der Waals surface area contributed by atoms with Gasteiger partial charge < -0.3 is 4.74 Å². The topological polar surface area (TPSA) is 63.7 Å². The zero-order valence-electron chi connectivity index (χ0n) is 15.3. The number of fused-ring (bicyclic) bond motifs is 1. The van der Waals surface area contributed by atoms with Crippen molar-refractivity contribution >= 4 is 32.5 Å². The van der Waals surface area contributed by atoms with Crippen molar-refractivity contribution in [3.8, 4) is 0 Å². The van der Waals surface area contributed by atoms with Crippen molar-refractivity contribution < 1.29 is 17.9 Å². The van der Waals surface area contributed by atoms with Crippen LogP contribution in [0.4, 0.5) is 5.69 Å². The molecule has 0 N–H and O–H groups in total. The Balaban J connectivity index is 2.08. The van der Waals surface area contributed by atoms with Crippen molar-refractivity contribution in [2.45, 2.75) is 18.2 Å². The number of ether oxygens (including phenoxy) is 1. The molecule has 0 atom stereocenters. The van der Waals surface area contributed by atoms with E-state index in [4.69, 9.17) is 4.74 Å². The molecule has 0 fully saturated rings. The number of carbonyl (C=O) groups excluding carboxylic acids is 1. The van der Waals surface area contributed by atoms with Crippen LogP contribution < -0.4 is 4.31 Å². The maximum absolute atomic E-state index is 13.3. The molecule has 27 heavy (non-hydrogen) atoms. The van der Waals surface area contributed by atoms with Crippen LogP contribution in [-0.2, 0) is 26.0 Å². The van der Waals surface area contributed by atoms with E-state index in [0.717, 1.165) is 27.1 Å².